The van der Waals surface area contributed by atoms with Crippen molar-refractivity contribution in [3.05, 3.63) is 54.2 Å². The van der Waals surface area contributed by atoms with Gasteiger partial charge in [-0.25, -0.2) is 8.42 Å². The van der Waals surface area contributed by atoms with Crippen molar-refractivity contribution in [2.24, 2.45) is 0 Å². The number of nitrogens with zero attached hydrogens (tertiary/aromatic N) is 2. The summed E-state index contributed by atoms with van der Waals surface area (Å²) in [7, 11) is -5.47. The van der Waals surface area contributed by atoms with Gasteiger partial charge < -0.3 is 24.8 Å². The zero-order chi connectivity index (χ0) is 31.5. The van der Waals surface area contributed by atoms with Gasteiger partial charge in [-0.3, -0.25) is 0 Å². The van der Waals surface area contributed by atoms with Gasteiger partial charge in [-0.15, -0.1) is 0 Å². The van der Waals surface area contributed by atoms with Gasteiger partial charge in [-0.2, -0.15) is 26.3 Å². The number of sulfone groups is 1. The zero-order valence-corrected chi connectivity index (χ0v) is 24.5. The number of halogens is 6. The number of ether oxygens (including phenoxy) is 1. The van der Waals surface area contributed by atoms with Crippen LogP contribution in [0.2, 0.25) is 0 Å². The maximum Gasteiger partial charge on any atom is 0.501 e. The van der Waals surface area contributed by atoms with Crippen LogP contribution in [0.3, 0.4) is 0 Å². The Morgan fingerprint density at radius 2 is 1.61 bits per heavy atom. The average Bonchev–Trinajstić information content (AvgIpc) is 3.32. The second-order valence-corrected chi connectivity index (χ2v) is 12.8. The van der Waals surface area contributed by atoms with E-state index >= 15 is 0 Å². The van der Waals surface area contributed by atoms with E-state index in [4.69, 9.17) is 4.74 Å². The summed E-state index contributed by atoms with van der Waals surface area (Å²) in [5, 5.41) is 6.99. The van der Waals surface area contributed by atoms with Crippen LogP contribution in [0.25, 0.3) is 10.9 Å². The molecule has 14 heteroatoms. The summed E-state index contributed by atoms with van der Waals surface area (Å²) in [5.41, 5.74) is -3.83. The lowest BCUT2D eigenvalue weighted by atomic mass is 9.99. The number of anilines is 2. The van der Waals surface area contributed by atoms with Crippen LogP contribution in [-0.2, 0) is 21.1 Å². The van der Waals surface area contributed by atoms with Crippen molar-refractivity contribution < 1.29 is 39.5 Å². The molecule has 7 nitrogen and oxygen atoms in total. The van der Waals surface area contributed by atoms with E-state index in [1.54, 1.807) is 18.2 Å². The number of likely N-dealkylation sites (tertiary alicyclic amines) is 1. The molecule has 0 spiro atoms. The minimum atomic E-state index is -5.47. The standard InChI is InChI=1S/C30H32F6N4O3S/c31-29(32,33)20-40-24(3-2-14-37-21-6-8-25(9-7-21)44(41,42)30(34,35)36)19-26-27(4-1-5-28(26)40)38-22-10-15-39(16-11-22)23-12-17-43-18-13-23/h1,4-9,19,22-23,37-38H,10-18,20H2. The first-order valence-corrected chi connectivity index (χ1v) is 15.7. The Bertz CT molecular complexity index is 1610. The first-order valence-electron chi connectivity index (χ1n) is 14.2. The third-order valence-electron chi connectivity index (χ3n) is 7.95. The number of aromatic nitrogens is 1. The molecule has 2 aliphatic heterocycles. The van der Waals surface area contributed by atoms with Gasteiger partial charge >= 0.3 is 11.7 Å². The van der Waals surface area contributed by atoms with Crippen molar-refractivity contribution in [1.29, 1.82) is 0 Å². The maximum absolute atomic E-state index is 13.6. The summed E-state index contributed by atoms with van der Waals surface area (Å²) in [6, 6.07) is 11.5. The second-order valence-electron chi connectivity index (χ2n) is 10.9. The van der Waals surface area contributed by atoms with Crippen LogP contribution in [0.5, 0.6) is 0 Å². The van der Waals surface area contributed by atoms with E-state index in [-0.39, 0.29) is 18.3 Å². The number of hydrogen-bond acceptors (Lipinski definition) is 6. The Balaban J connectivity index is 1.29. The molecule has 5 rings (SSSR count). The molecule has 3 aromatic rings. The summed E-state index contributed by atoms with van der Waals surface area (Å²) in [6.45, 7) is 2.18. The van der Waals surface area contributed by atoms with Crippen molar-refractivity contribution in [3.8, 4) is 11.8 Å². The maximum atomic E-state index is 13.6. The Labute approximate surface area is 251 Å². The fourth-order valence-electron chi connectivity index (χ4n) is 5.71. The fourth-order valence-corrected chi connectivity index (χ4v) is 6.47. The molecule has 0 radical (unpaired) electrons. The van der Waals surface area contributed by atoms with Crippen LogP contribution in [-0.4, -0.2) is 74.5 Å². The molecule has 238 valence electrons. The largest absolute Gasteiger partial charge is 0.501 e. The summed E-state index contributed by atoms with van der Waals surface area (Å²) in [4.78, 5) is 1.61. The fraction of sp³-hybridized carbons (Fsp3) is 0.467. The van der Waals surface area contributed by atoms with Crippen LogP contribution in [0.4, 0.5) is 37.7 Å². The molecule has 2 N–H and O–H groups in total. The van der Waals surface area contributed by atoms with Crippen molar-refractivity contribution in [1.82, 2.24) is 9.47 Å². The van der Waals surface area contributed by atoms with Crippen LogP contribution in [0, 0.1) is 11.8 Å². The smallest absolute Gasteiger partial charge is 0.382 e. The SMILES string of the molecule is O=S(=O)(c1ccc(NCC#Cc2cc3c(NC4CCN(C5CCOCC5)CC4)cccc3n2CC(F)(F)F)cc1)C(F)(F)F. The number of alkyl halides is 6. The summed E-state index contributed by atoms with van der Waals surface area (Å²) in [6.07, 6.45) is -0.597. The van der Waals surface area contributed by atoms with E-state index < -0.39 is 33.0 Å². The summed E-state index contributed by atoms with van der Waals surface area (Å²) in [5.74, 6) is 5.55. The van der Waals surface area contributed by atoms with Gasteiger partial charge in [-0.05, 0) is 74.1 Å². The van der Waals surface area contributed by atoms with E-state index in [1.165, 1.54) is 0 Å². The topological polar surface area (TPSA) is 75.6 Å². The number of piperidine rings is 1. The molecule has 3 heterocycles. The Hall–Kier alpha value is -3.41. The van der Waals surface area contributed by atoms with Gasteiger partial charge in [0.05, 0.1) is 22.7 Å². The number of rotatable bonds is 7. The lowest BCUT2D eigenvalue weighted by molar-refractivity contribution is -0.140. The number of benzene rings is 2. The third kappa shape index (κ3) is 7.44. The van der Waals surface area contributed by atoms with Crippen LogP contribution in [0.15, 0.2) is 53.4 Å². The van der Waals surface area contributed by atoms with Crippen LogP contribution >= 0.6 is 0 Å². The highest BCUT2D eigenvalue weighted by atomic mass is 32.2. The predicted molar refractivity (Wildman–Crippen MR) is 155 cm³/mol. The lowest BCUT2D eigenvalue weighted by Crippen LogP contribution is -2.46. The number of fused-ring (bicyclic) bond motifs is 1. The van der Waals surface area contributed by atoms with Crippen molar-refractivity contribution in [2.45, 2.75) is 60.9 Å². The molecular weight excluding hydrogens is 610 g/mol. The van der Waals surface area contributed by atoms with Crippen molar-refractivity contribution in [2.75, 3.05) is 43.5 Å². The van der Waals surface area contributed by atoms with Crippen LogP contribution in [0.1, 0.15) is 31.4 Å². The second kappa shape index (κ2) is 12.9. The first-order chi connectivity index (χ1) is 20.8. The molecule has 0 amide bonds. The lowest BCUT2D eigenvalue weighted by Gasteiger charge is -2.39. The van der Waals surface area contributed by atoms with E-state index in [0.29, 0.717) is 22.6 Å². The quantitative estimate of drug-likeness (QED) is 0.243. The molecule has 2 fully saturated rings. The van der Waals surface area contributed by atoms with Gasteiger partial charge in [0.25, 0.3) is 9.84 Å². The van der Waals surface area contributed by atoms with E-state index in [9.17, 15) is 34.8 Å². The Morgan fingerprint density at radius 3 is 2.25 bits per heavy atom. The zero-order valence-electron chi connectivity index (χ0n) is 23.6. The summed E-state index contributed by atoms with van der Waals surface area (Å²) >= 11 is 0. The molecule has 2 aliphatic rings. The highest BCUT2D eigenvalue weighted by Gasteiger charge is 2.46. The van der Waals surface area contributed by atoms with E-state index in [1.807, 2.05) is 6.07 Å². The Morgan fingerprint density at radius 1 is 0.932 bits per heavy atom. The van der Waals surface area contributed by atoms with E-state index in [0.717, 1.165) is 86.5 Å². The van der Waals surface area contributed by atoms with Gasteiger partial charge in [0, 0.05) is 55.1 Å². The van der Waals surface area contributed by atoms with Gasteiger partial charge in [0.15, 0.2) is 0 Å². The van der Waals surface area contributed by atoms with Crippen LogP contribution < -0.4 is 10.6 Å². The molecule has 2 saturated heterocycles. The molecule has 2 aromatic carbocycles. The molecule has 0 unspecified atom stereocenters. The highest BCUT2D eigenvalue weighted by molar-refractivity contribution is 7.92. The third-order valence-corrected chi connectivity index (χ3v) is 9.45. The van der Waals surface area contributed by atoms with Gasteiger partial charge in [-0.1, -0.05) is 12.0 Å². The monoisotopic (exact) mass is 642 g/mol. The molecule has 0 bridgehead atoms. The average molecular weight is 643 g/mol. The molecule has 0 atom stereocenters. The number of hydrogen-bond donors (Lipinski definition) is 2. The molecule has 1 aromatic heterocycles. The van der Waals surface area contributed by atoms with E-state index in [2.05, 4.69) is 27.4 Å². The van der Waals surface area contributed by atoms with Crippen molar-refractivity contribution >= 4 is 32.1 Å². The summed E-state index contributed by atoms with van der Waals surface area (Å²) < 4.78 is 109. The van der Waals surface area contributed by atoms with Gasteiger partial charge in [0.2, 0.25) is 0 Å². The highest BCUT2D eigenvalue weighted by Crippen LogP contribution is 2.33. The van der Waals surface area contributed by atoms with Crippen molar-refractivity contribution in [3.63, 3.8) is 0 Å². The number of nitrogens with one attached hydrogen (secondary N) is 2. The minimum Gasteiger partial charge on any atom is -0.382 e. The first kappa shape index (κ1) is 32.0. The molecule has 0 saturated carbocycles. The molecule has 0 aliphatic carbocycles. The molecular formula is C30H32F6N4O3S. The normalized spacial score (nSPS) is 17.8. The Kier molecular flexibility index (Phi) is 9.38. The molecule has 44 heavy (non-hydrogen) atoms. The predicted octanol–water partition coefficient (Wildman–Crippen LogP) is 6.02. The van der Waals surface area contributed by atoms with Gasteiger partial charge in [0.1, 0.15) is 6.54 Å². The minimum absolute atomic E-state index is 0.0459.